The molecule has 21 heteroatoms. The van der Waals surface area contributed by atoms with Gasteiger partial charge in [0.1, 0.15) is 47.8 Å². The van der Waals surface area contributed by atoms with Crippen LogP contribution < -0.4 is 23.8 Å². The third-order valence-corrected chi connectivity index (χ3v) is 14.7. The quantitative estimate of drug-likeness (QED) is 0.0727. The van der Waals surface area contributed by atoms with Crippen molar-refractivity contribution in [2.45, 2.75) is 39.1 Å². The van der Waals surface area contributed by atoms with Gasteiger partial charge in [0.15, 0.2) is 5.75 Å². The molecule has 3 aliphatic heterocycles. The third-order valence-electron chi connectivity index (χ3n) is 12.6. The van der Waals surface area contributed by atoms with E-state index in [2.05, 4.69) is 31.8 Å². The Kier molecular flexibility index (Phi) is 18.9. The van der Waals surface area contributed by atoms with Crippen LogP contribution in [0.25, 0.3) is 31.8 Å². The van der Waals surface area contributed by atoms with Crippen LogP contribution in [-0.4, -0.2) is 166 Å². The molecule has 0 unspecified atom stereocenters. The predicted octanol–water partition coefficient (Wildman–Crippen LogP) is 8.05. The number of benzene rings is 3. The molecule has 9 rings (SSSR count). The van der Waals surface area contributed by atoms with Gasteiger partial charge in [0, 0.05) is 88.7 Å². The van der Waals surface area contributed by atoms with Gasteiger partial charge in [0.2, 0.25) is 17.9 Å². The molecule has 2 atom stereocenters. The second-order valence-corrected chi connectivity index (χ2v) is 19.4. The molecular formula is C52H60Cl2FN7O10S. The van der Waals surface area contributed by atoms with Gasteiger partial charge in [-0.2, -0.15) is 0 Å². The first-order valence-corrected chi connectivity index (χ1v) is 25.6. The van der Waals surface area contributed by atoms with Crippen molar-refractivity contribution in [3.8, 4) is 44.7 Å². The van der Waals surface area contributed by atoms with E-state index in [0.717, 1.165) is 26.2 Å². The van der Waals surface area contributed by atoms with Crippen LogP contribution in [0.4, 0.5) is 10.3 Å². The number of aliphatic carboxylic acids is 1. The van der Waals surface area contributed by atoms with E-state index in [-0.39, 0.29) is 35.6 Å². The summed E-state index contributed by atoms with van der Waals surface area (Å²) in [6.45, 7) is 11.4. The van der Waals surface area contributed by atoms with Crippen molar-refractivity contribution in [2.75, 3.05) is 118 Å². The number of hydrogen-bond acceptors (Lipinski definition) is 17. The van der Waals surface area contributed by atoms with Crippen molar-refractivity contribution in [1.29, 1.82) is 0 Å². The number of carboxylic acid groups (broad SMARTS) is 1. The van der Waals surface area contributed by atoms with Gasteiger partial charge in [-0.25, -0.2) is 29.1 Å². The number of nitrogens with zero attached hydrogens (tertiary/aromatic N) is 7. The van der Waals surface area contributed by atoms with Crippen LogP contribution in [-0.2, 0) is 36.8 Å². The van der Waals surface area contributed by atoms with Crippen LogP contribution in [0, 0.1) is 19.7 Å². The van der Waals surface area contributed by atoms with Crippen LogP contribution in [0.2, 0.25) is 10.0 Å². The first kappa shape index (κ1) is 53.8. The molecule has 6 heterocycles. The van der Waals surface area contributed by atoms with E-state index >= 15 is 0 Å². The fourth-order valence-electron chi connectivity index (χ4n) is 8.63. The fraction of sp³-hybridized carbons (Fsp3) is 0.442. The molecule has 3 aromatic heterocycles. The maximum absolute atomic E-state index is 14.4. The highest BCUT2D eigenvalue weighted by atomic mass is 35.5. The van der Waals surface area contributed by atoms with Crippen molar-refractivity contribution in [3.05, 3.63) is 99.3 Å². The predicted molar refractivity (Wildman–Crippen MR) is 278 cm³/mol. The first-order valence-electron chi connectivity index (χ1n) is 24.0. The van der Waals surface area contributed by atoms with Crippen LogP contribution >= 0.6 is 34.5 Å². The Balaban J connectivity index is 1.18. The molecule has 3 aromatic carbocycles. The van der Waals surface area contributed by atoms with Gasteiger partial charge in [-0.1, -0.05) is 35.3 Å². The van der Waals surface area contributed by atoms with E-state index in [1.54, 1.807) is 56.8 Å². The molecule has 0 radical (unpaired) electrons. The number of fused-ring (bicyclic) bond motifs is 7. The summed E-state index contributed by atoms with van der Waals surface area (Å²) < 4.78 is 62.6. The highest BCUT2D eigenvalue weighted by molar-refractivity contribution is 7.22. The van der Waals surface area contributed by atoms with Gasteiger partial charge in [0.05, 0.1) is 60.8 Å². The summed E-state index contributed by atoms with van der Waals surface area (Å²) in [7, 11) is 5.35. The average Bonchev–Trinajstić information content (AvgIpc) is 3.77. The van der Waals surface area contributed by atoms with Crippen LogP contribution in [0.15, 0.2) is 61.1 Å². The van der Waals surface area contributed by atoms with E-state index in [4.69, 9.17) is 66.1 Å². The zero-order valence-electron chi connectivity index (χ0n) is 41.5. The summed E-state index contributed by atoms with van der Waals surface area (Å²) in [5, 5.41) is 12.0. The lowest BCUT2D eigenvalue weighted by atomic mass is 9.92. The molecule has 73 heavy (non-hydrogen) atoms. The summed E-state index contributed by atoms with van der Waals surface area (Å²) in [6, 6.07) is 13.1. The Labute approximate surface area is 438 Å². The number of ether oxygens (including phenoxy) is 8. The van der Waals surface area contributed by atoms with E-state index in [0.29, 0.717) is 137 Å². The standard InChI is InChI=1S/C52H60Cl2FN7O10S/c1-32-42-33(2)46(54)47(45(32)53)71-39(28-61-16-14-60(3)15-17-61)30-69-38-10-11-40(70-29-37-12-13-56-52(59-37)62(18-20-67-24-22-65-4)19-21-68-25-23-66-5)35(26-38)27-41(51(63)64)72-49-44-43(42)48(73-50(44)58-31-57-49)34-6-8-36(55)9-7-34/h6-13,26,31,39,41H,14-25,27-30H2,1-5H3,(H,63,64)/t39-,41-/m1/s1. The second-order valence-electron chi connectivity index (χ2n) is 17.7. The summed E-state index contributed by atoms with van der Waals surface area (Å²) in [4.78, 5) is 39.8. The lowest BCUT2D eigenvalue weighted by molar-refractivity contribution is -0.145. The van der Waals surface area contributed by atoms with E-state index in [1.165, 1.54) is 29.8 Å². The van der Waals surface area contributed by atoms with Crippen molar-refractivity contribution in [1.82, 2.24) is 29.7 Å². The number of thiophene rings is 1. The smallest absolute Gasteiger partial charge is 0.345 e. The maximum atomic E-state index is 14.4. The van der Waals surface area contributed by atoms with Gasteiger partial charge >= 0.3 is 5.97 Å². The Bertz CT molecular complexity index is 2780. The van der Waals surface area contributed by atoms with E-state index < -0.39 is 24.0 Å². The second kappa shape index (κ2) is 25.6. The number of anilines is 1. The Hall–Kier alpha value is -5.48. The molecule has 0 spiro atoms. The zero-order valence-corrected chi connectivity index (χ0v) is 43.9. The fourth-order valence-corrected chi connectivity index (χ4v) is 10.3. The number of methoxy groups -OCH3 is 2. The number of hydrogen-bond donors (Lipinski definition) is 1. The normalized spacial score (nSPS) is 16.4. The number of halogens is 3. The Morgan fingerprint density at radius 1 is 0.877 bits per heavy atom. The lowest BCUT2D eigenvalue weighted by Crippen LogP contribution is -2.49. The number of aromatic nitrogens is 4. The largest absolute Gasteiger partial charge is 0.490 e. The van der Waals surface area contributed by atoms with Gasteiger partial charge in [-0.05, 0) is 79.5 Å². The molecule has 0 aliphatic carbocycles. The number of likely N-dealkylation sites (N-methyl/N-ethyl adjacent to an activating group) is 1. The van der Waals surface area contributed by atoms with Crippen molar-refractivity contribution in [3.63, 3.8) is 0 Å². The minimum Gasteiger partial charge on any atom is -0.490 e. The SMILES string of the molecule is COCCOCCN(CCOCCOC)c1nccc(COc2ccc3cc2C[C@H](C(=O)O)Oc2ncnc4sc(-c5ccc(F)cc5)c(c24)-c2c(C)c(Cl)c(c(Cl)c2C)O[C@H](CN2CCN(C)CC2)CO3)n1. The highest BCUT2D eigenvalue weighted by Crippen LogP contribution is 2.53. The summed E-state index contributed by atoms with van der Waals surface area (Å²) >= 11 is 16.0. The van der Waals surface area contributed by atoms with Gasteiger partial charge < -0.3 is 52.8 Å². The molecule has 0 saturated carbocycles. The minimum absolute atomic E-state index is 0.0131. The molecule has 4 bridgehead atoms. The van der Waals surface area contributed by atoms with E-state index in [9.17, 15) is 14.3 Å². The van der Waals surface area contributed by atoms with Gasteiger partial charge in [0.25, 0.3) is 0 Å². The third kappa shape index (κ3) is 13.4. The van der Waals surface area contributed by atoms with Gasteiger partial charge in [-0.15, -0.1) is 11.3 Å². The monoisotopic (exact) mass is 1060 g/mol. The van der Waals surface area contributed by atoms with Gasteiger partial charge in [-0.3, -0.25) is 4.90 Å². The summed E-state index contributed by atoms with van der Waals surface area (Å²) in [5.41, 5.74) is 4.28. The van der Waals surface area contributed by atoms with Crippen LogP contribution in [0.5, 0.6) is 23.1 Å². The number of piperazine rings is 1. The topological polar surface area (TPSA) is 172 Å². The lowest BCUT2D eigenvalue weighted by Gasteiger charge is -2.35. The molecule has 1 saturated heterocycles. The first-order chi connectivity index (χ1) is 35.4. The molecule has 1 fully saturated rings. The minimum atomic E-state index is -1.49. The molecule has 0 amide bonds. The van der Waals surface area contributed by atoms with Crippen LogP contribution in [0.1, 0.15) is 22.4 Å². The molecule has 390 valence electrons. The summed E-state index contributed by atoms with van der Waals surface area (Å²) in [5.74, 6) is -0.0510. The Morgan fingerprint density at radius 3 is 2.25 bits per heavy atom. The summed E-state index contributed by atoms with van der Waals surface area (Å²) in [6.07, 6.45) is 0.779. The maximum Gasteiger partial charge on any atom is 0.345 e. The number of carbonyl (C=O) groups is 1. The average molecular weight is 1070 g/mol. The van der Waals surface area contributed by atoms with Crippen LogP contribution in [0.3, 0.4) is 0 Å². The number of rotatable bonds is 20. The van der Waals surface area contributed by atoms with Crippen molar-refractivity contribution >= 4 is 56.7 Å². The molecule has 3 aliphatic rings. The Morgan fingerprint density at radius 2 is 1.58 bits per heavy atom. The highest BCUT2D eigenvalue weighted by Gasteiger charge is 2.32. The number of carboxylic acids is 1. The molecular weight excluding hydrogens is 1000 g/mol. The molecule has 6 aromatic rings. The molecule has 17 nitrogen and oxygen atoms in total. The zero-order chi connectivity index (χ0) is 51.4. The van der Waals surface area contributed by atoms with Crippen molar-refractivity contribution < 1.29 is 52.2 Å². The van der Waals surface area contributed by atoms with E-state index in [1.807, 2.05) is 18.7 Å². The molecule has 1 N–H and O–H groups in total. The van der Waals surface area contributed by atoms with Crippen molar-refractivity contribution in [2.24, 2.45) is 0 Å².